The van der Waals surface area contributed by atoms with Gasteiger partial charge in [-0.15, -0.1) is 0 Å². The predicted octanol–water partition coefficient (Wildman–Crippen LogP) is 2.58. The SMILES string of the molecule is COc1ccc(C(C)C)cc1/C=C(\C#N)C(=O)N1CCOCC1. The summed E-state index contributed by atoms with van der Waals surface area (Å²) in [5.74, 6) is 0.748. The van der Waals surface area contributed by atoms with Gasteiger partial charge in [0.1, 0.15) is 17.4 Å². The van der Waals surface area contributed by atoms with Crippen molar-refractivity contribution in [3.63, 3.8) is 0 Å². The van der Waals surface area contributed by atoms with Crippen molar-refractivity contribution in [3.05, 3.63) is 34.9 Å². The van der Waals surface area contributed by atoms with Gasteiger partial charge in [-0.05, 0) is 29.7 Å². The number of amides is 1. The van der Waals surface area contributed by atoms with Crippen LogP contribution in [0.3, 0.4) is 0 Å². The van der Waals surface area contributed by atoms with E-state index in [1.807, 2.05) is 24.3 Å². The number of ether oxygens (including phenoxy) is 2. The Hall–Kier alpha value is -2.32. The van der Waals surface area contributed by atoms with E-state index in [9.17, 15) is 10.1 Å². The van der Waals surface area contributed by atoms with E-state index in [4.69, 9.17) is 9.47 Å². The van der Waals surface area contributed by atoms with Crippen LogP contribution in [0.5, 0.6) is 5.75 Å². The Morgan fingerprint density at radius 3 is 2.65 bits per heavy atom. The summed E-state index contributed by atoms with van der Waals surface area (Å²) in [7, 11) is 1.58. The maximum atomic E-state index is 12.5. The fourth-order valence-corrected chi connectivity index (χ4v) is 2.46. The van der Waals surface area contributed by atoms with Crippen molar-refractivity contribution in [2.45, 2.75) is 19.8 Å². The fourth-order valence-electron chi connectivity index (χ4n) is 2.46. The van der Waals surface area contributed by atoms with Crippen LogP contribution in [0.1, 0.15) is 30.9 Å². The molecule has 0 aromatic heterocycles. The number of nitriles is 1. The number of methoxy groups -OCH3 is 1. The number of carbonyl (C=O) groups is 1. The number of nitrogens with zero attached hydrogens (tertiary/aromatic N) is 2. The second-order valence-corrected chi connectivity index (χ2v) is 5.73. The topological polar surface area (TPSA) is 62.6 Å². The molecule has 1 heterocycles. The summed E-state index contributed by atoms with van der Waals surface area (Å²) < 4.78 is 10.6. The Morgan fingerprint density at radius 1 is 1.39 bits per heavy atom. The third-order valence-corrected chi connectivity index (χ3v) is 3.87. The molecule has 0 N–H and O–H groups in total. The summed E-state index contributed by atoms with van der Waals surface area (Å²) in [6.45, 7) is 6.24. The first-order valence-electron chi connectivity index (χ1n) is 7.73. The van der Waals surface area contributed by atoms with Crippen molar-refractivity contribution in [1.82, 2.24) is 4.90 Å². The highest BCUT2D eigenvalue weighted by molar-refractivity contribution is 6.02. The molecule has 5 nitrogen and oxygen atoms in total. The molecule has 2 rings (SSSR count). The highest BCUT2D eigenvalue weighted by atomic mass is 16.5. The van der Waals surface area contributed by atoms with Crippen LogP contribution in [0.25, 0.3) is 6.08 Å². The largest absolute Gasteiger partial charge is 0.496 e. The lowest BCUT2D eigenvalue weighted by atomic mass is 9.99. The molecular formula is C18H22N2O3. The second-order valence-electron chi connectivity index (χ2n) is 5.73. The minimum absolute atomic E-state index is 0.117. The van der Waals surface area contributed by atoms with Crippen LogP contribution in [0, 0.1) is 11.3 Å². The molecule has 0 saturated carbocycles. The Bertz CT molecular complexity index is 638. The van der Waals surface area contributed by atoms with E-state index in [2.05, 4.69) is 13.8 Å². The molecule has 1 aromatic carbocycles. The van der Waals surface area contributed by atoms with Crippen molar-refractivity contribution < 1.29 is 14.3 Å². The van der Waals surface area contributed by atoms with Gasteiger partial charge >= 0.3 is 0 Å². The first kappa shape index (κ1) is 17.0. The lowest BCUT2D eigenvalue weighted by Gasteiger charge is -2.26. The zero-order chi connectivity index (χ0) is 16.8. The van der Waals surface area contributed by atoms with E-state index in [1.54, 1.807) is 18.1 Å². The first-order valence-corrected chi connectivity index (χ1v) is 7.73. The maximum Gasteiger partial charge on any atom is 0.264 e. The normalized spacial score (nSPS) is 15.4. The standard InChI is InChI=1S/C18H22N2O3/c1-13(2)14-4-5-17(22-3)15(10-14)11-16(12-19)18(21)20-6-8-23-9-7-20/h4-5,10-11,13H,6-9H2,1-3H3/b16-11+. The quantitative estimate of drug-likeness (QED) is 0.633. The summed E-state index contributed by atoms with van der Waals surface area (Å²) >= 11 is 0. The zero-order valence-corrected chi connectivity index (χ0v) is 13.8. The molecule has 1 amide bonds. The average molecular weight is 314 g/mol. The first-order chi connectivity index (χ1) is 11.1. The molecule has 1 aliphatic rings. The van der Waals surface area contributed by atoms with Crippen LogP contribution in [0.15, 0.2) is 23.8 Å². The van der Waals surface area contributed by atoms with Gasteiger partial charge in [0.15, 0.2) is 0 Å². The van der Waals surface area contributed by atoms with Crippen molar-refractivity contribution in [3.8, 4) is 11.8 Å². The third-order valence-electron chi connectivity index (χ3n) is 3.87. The number of carbonyl (C=O) groups excluding carboxylic acids is 1. The summed E-state index contributed by atoms with van der Waals surface area (Å²) in [4.78, 5) is 14.1. The summed E-state index contributed by atoms with van der Waals surface area (Å²) in [6.07, 6.45) is 1.61. The van der Waals surface area contributed by atoms with Crippen LogP contribution in [-0.2, 0) is 9.53 Å². The summed E-state index contributed by atoms with van der Waals surface area (Å²) in [5, 5.41) is 9.39. The summed E-state index contributed by atoms with van der Waals surface area (Å²) in [5.41, 5.74) is 2.00. The lowest BCUT2D eigenvalue weighted by molar-refractivity contribution is -0.130. The Labute approximate surface area is 137 Å². The Balaban J connectivity index is 2.34. The van der Waals surface area contributed by atoms with Gasteiger partial charge in [0.25, 0.3) is 5.91 Å². The van der Waals surface area contributed by atoms with Gasteiger partial charge in [0, 0.05) is 18.7 Å². The molecule has 0 aliphatic carbocycles. The van der Waals surface area contributed by atoms with Crippen LogP contribution in [0.4, 0.5) is 0 Å². The van der Waals surface area contributed by atoms with Crippen molar-refractivity contribution >= 4 is 12.0 Å². The van der Waals surface area contributed by atoms with Gasteiger partial charge in [-0.2, -0.15) is 5.26 Å². The molecule has 1 aliphatic heterocycles. The van der Waals surface area contributed by atoms with Crippen LogP contribution in [0.2, 0.25) is 0 Å². The molecule has 0 unspecified atom stereocenters. The number of morpholine rings is 1. The molecule has 122 valence electrons. The van der Waals surface area contributed by atoms with Gasteiger partial charge < -0.3 is 14.4 Å². The average Bonchev–Trinajstić information content (AvgIpc) is 2.59. The van der Waals surface area contributed by atoms with Crippen molar-refractivity contribution in [2.24, 2.45) is 0 Å². The zero-order valence-electron chi connectivity index (χ0n) is 13.8. The molecule has 1 fully saturated rings. The van der Waals surface area contributed by atoms with Crippen molar-refractivity contribution in [1.29, 1.82) is 5.26 Å². The molecule has 0 bridgehead atoms. The van der Waals surface area contributed by atoms with E-state index in [0.717, 1.165) is 11.1 Å². The predicted molar refractivity (Wildman–Crippen MR) is 88.1 cm³/mol. The van der Waals surface area contributed by atoms with Gasteiger partial charge in [0.05, 0.1) is 20.3 Å². The van der Waals surface area contributed by atoms with E-state index < -0.39 is 0 Å². The highest BCUT2D eigenvalue weighted by Gasteiger charge is 2.21. The fraction of sp³-hybridized carbons (Fsp3) is 0.444. The van der Waals surface area contributed by atoms with E-state index in [1.165, 1.54) is 0 Å². The minimum Gasteiger partial charge on any atom is -0.496 e. The van der Waals surface area contributed by atoms with Gasteiger partial charge in [-0.3, -0.25) is 4.79 Å². The van der Waals surface area contributed by atoms with Crippen LogP contribution in [-0.4, -0.2) is 44.2 Å². The molecule has 23 heavy (non-hydrogen) atoms. The number of benzene rings is 1. The maximum absolute atomic E-state index is 12.5. The minimum atomic E-state index is -0.257. The van der Waals surface area contributed by atoms with Gasteiger partial charge in [0.2, 0.25) is 0 Å². The van der Waals surface area contributed by atoms with Crippen LogP contribution < -0.4 is 4.74 Å². The number of hydrogen-bond acceptors (Lipinski definition) is 4. The lowest BCUT2D eigenvalue weighted by Crippen LogP contribution is -2.41. The monoisotopic (exact) mass is 314 g/mol. The Kier molecular flexibility index (Phi) is 5.78. The smallest absolute Gasteiger partial charge is 0.264 e. The third kappa shape index (κ3) is 4.11. The second kappa shape index (κ2) is 7.80. The highest BCUT2D eigenvalue weighted by Crippen LogP contribution is 2.26. The molecule has 0 atom stereocenters. The Morgan fingerprint density at radius 2 is 2.09 bits per heavy atom. The molecule has 1 aromatic rings. The molecule has 1 saturated heterocycles. The number of rotatable bonds is 4. The van der Waals surface area contributed by atoms with E-state index >= 15 is 0 Å². The van der Waals surface area contributed by atoms with Gasteiger partial charge in [-0.1, -0.05) is 19.9 Å². The molecule has 0 spiro atoms. The van der Waals surface area contributed by atoms with E-state index in [0.29, 0.717) is 38.0 Å². The molecule has 0 radical (unpaired) electrons. The number of hydrogen-bond donors (Lipinski definition) is 0. The van der Waals surface area contributed by atoms with E-state index in [-0.39, 0.29) is 11.5 Å². The van der Waals surface area contributed by atoms with Crippen LogP contribution >= 0.6 is 0 Å². The van der Waals surface area contributed by atoms with Crippen molar-refractivity contribution in [2.75, 3.05) is 33.4 Å². The van der Waals surface area contributed by atoms with Gasteiger partial charge in [-0.25, -0.2) is 0 Å². The molecule has 5 heteroatoms. The molecular weight excluding hydrogens is 292 g/mol. The summed E-state index contributed by atoms with van der Waals surface area (Å²) in [6, 6.07) is 7.85.